The number of amides is 2. The van der Waals surface area contributed by atoms with E-state index in [0.29, 0.717) is 18.7 Å². The largest absolute Gasteiger partial charge is 0.339 e. The van der Waals surface area contributed by atoms with E-state index in [-0.39, 0.29) is 11.8 Å². The lowest BCUT2D eigenvalue weighted by molar-refractivity contribution is -0.114. The molecule has 0 saturated carbocycles. The number of aromatic nitrogens is 1. The molecule has 1 N–H and O–H groups in total. The van der Waals surface area contributed by atoms with E-state index in [2.05, 4.69) is 39.5 Å². The SMILES string of the molecule is CCN(CC)C(=O)c1ccc(C(=C2CCN(Cc3nccs3)CC2)c2ccc(NC(C)=O)cc2)cc1. The molecule has 1 saturated heterocycles. The summed E-state index contributed by atoms with van der Waals surface area (Å²) in [6.45, 7) is 9.79. The van der Waals surface area contributed by atoms with Gasteiger partial charge in [-0.2, -0.15) is 0 Å². The zero-order chi connectivity index (χ0) is 25.5. The zero-order valence-electron chi connectivity index (χ0n) is 21.3. The first kappa shape index (κ1) is 25.8. The minimum Gasteiger partial charge on any atom is -0.339 e. The van der Waals surface area contributed by atoms with Crippen LogP contribution in [0.5, 0.6) is 0 Å². The Bertz CT molecular complexity index is 1190. The number of hydrogen-bond acceptors (Lipinski definition) is 5. The van der Waals surface area contributed by atoms with E-state index >= 15 is 0 Å². The molecule has 36 heavy (non-hydrogen) atoms. The lowest BCUT2D eigenvalue weighted by atomic mass is 9.88. The maximum Gasteiger partial charge on any atom is 0.253 e. The highest BCUT2D eigenvalue weighted by atomic mass is 32.1. The number of carbonyl (C=O) groups excluding carboxylic acids is 2. The van der Waals surface area contributed by atoms with Gasteiger partial charge < -0.3 is 10.2 Å². The minimum absolute atomic E-state index is 0.0657. The number of rotatable bonds is 8. The predicted octanol–water partition coefficient (Wildman–Crippen LogP) is 5.68. The second-order valence-corrected chi connectivity index (χ2v) is 9.97. The Morgan fingerprint density at radius 2 is 1.53 bits per heavy atom. The van der Waals surface area contributed by atoms with Crippen LogP contribution in [0.15, 0.2) is 65.7 Å². The van der Waals surface area contributed by atoms with Crippen LogP contribution in [0.4, 0.5) is 5.69 Å². The number of nitrogens with zero attached hydrogens (tertiary/aromatic N) is 3. The maximum absolute atomic E-state index is 12.8. The highest BCUT2D eigenvalue weighted by molar-refractivity contribution is 7.09. The fraction of sp³-hybridized carbons (Fsp3) is 0.345. The molecule has 0 atom stereocenters. The molecule has 1 fully saturated rings. The first-order chi connectivity index (χ1) is 17.5. The molecule has 0 aliphatic carbocycles. The molecule has 0 spiro atoms. The highest BCUT2D eigenvalue weighted by Crippen LogP contribution is 2.33. The fourth-order valence-corrected chi connectivity index (χ4v) is 5.38. The smallest absolute Gasteiger partial charge is 0.253 e. The summed E-state index contributed by atoms with van der Waals surface area (Å²) in [5, 5.41) is 6.04. The van der Waals surface area contributed by atoms with E-state index in [1.165, 1.54) is 18.1 Å². The molecular weight excluding hydrogens is 468 g/mol. The van der Waals surface area contributed by atoms with Crippen molar-refractivity contribution in [2.24, 2.45) is 0 Å². The van der Waals surface area contributed by atoms with E-state index in [0.717, 1.165) is 54.3 Å². The van der Waals surface area contributed by atoms with Crippen LogP contribution in [0, 0.1) is 0 Å². The van der Waals surface area contributed by atoms with Gasteiger partial charge in [0.05, 0.1) is 6.54 Å². The summed E-state index contributed by atoms with van der Waals surface area (Å²) in [5.74, 6) is -0.0155. The number of hydrogen-bond donors (Lipinski definition) is 1. The van der Waals surface area contributed by atoms with Gasteiger partial charge in [-0.05, 0) is 67.7 Å². The average molecular weight is 503 g/mol. The Kier molecular flexibility index (Phi) is 8.67. The first-order valence-corrected chi connectivity index (χ1v) is 13.5. The molecule has 2 aromatic carbocycles. The van der Waals surface area contributed by atoms with E-state index in [1.807, 2.05) is 54.6 Å². The molecule has 1 aliphatic heterocycles. The molecule has 188 valence electrons. The van der Waals surface area contributed by atoms with Crippen LogP contribution in [0.1, 0.15) is 60.1 Å². The molecule has 0 bridgehead atoms. The van der Waals surface area contributed by atoms with Gasteiger partial charge >= 0.3 is 0 Å². The predicted molar refractivity (Wildman–Crippen MR) is 147 cm³/mol. The third-order valence-electron chi connectivity index (χ3n) is 6.62. The van der Waals surface area contributed by atoms with Gasteiger partial charge in [-0.15, -0.1) is 11.3 Å². The van der Waals surface area contributed by atoms with Gasteiger partial charge in [-0.3, -0.25) is 14.5 Å². The van der Waals surface area contributed by atoms with Crippen molar-refractivity contribution in [2.45, 2.75) is 40.2 Å². The van der Waals surface area contributed by atoms with Crippen molar-refractivity contribution in [3.05, 3.63) is 87.4 Å². The van der Waals surface area contributed by atoms with Crippen LogP contribution < -0.4 is 5.32 Å². The molecule has 2 heterocycles. The van der Waals surface area contributed by atoms with Crippen LogP contribution >= 0.6 is 11.3 Å². The Balaban J connectivity index is 1.62. The van der Waals surface area contributed by atoms with Gasteiger partial charge in [0.2, 0.25) is 5.91 Å². The molecule has 1 aromatic heterocycles. The zero-order valence-corrected chi connectivity index (χ0v) is 22.1. The maximum atomic E-state index is 12.8. The van der Waals surface area contributed by atoms with Crippen molar-refractivity contribution in [2.75, 3.05) is 31.5 Å². The summed E-state index contributed by atoms with van der Waals surface area (Å²) >= 11 is 1.71. The second kappa shape index (κ2) is 12.1. The van der Waals surface area contributed by atoms with Crippen LogP contribution in [0.25, 0.3) is 5.57 Å². The molecule has 0 unspecified atom stereocenters. The van der Waals surface area contributed by atoms with E-state index in [1.54, 1.807) is 11.3 Å². The summed E-state index contributed by atoms with van der Waals surface area (Å²) in [4.78, 5) is 33.0. The summed E-state index contributed by atoms with van der Waals surface area (Å²) in [6.07, 6.45) is 3.83. The molecule has 0 radical (unpaired) electrons. The minimum atomic E-state index is -0.0811. The van der Waals surface area contributed by atoms with Gasteiger partial charge in [-0.25, -0.2) is 4.98 Å². The molecule has 3 aromatic rings. The summed E-state index contributed by atoms with van der Waals surface area (Å²) < 4.78 is 0. The van der Waals surface area contributed by atoms with E-state index in [4.69, 9.17) is 0 Å². The Labute approximate surface area is 217 Å². The highest BCUT2D eigenvalue weighted by Gasteiger charge is 2.20. The molecule has 6 nitrogen and oxygen atoms in total. The van der Waals surface area contributed by atoms with Crippen molar-refractivity contribution in [1.82, 2.24) is 14.8 Å². The topological polar surface area (TPSA) is 65.5 Å². The number of likely N-dealkylation sites (tertiary alicyclic amines) is 1. The molecule has 7 heteroatoms. The number of benzene rings is 2. The number of carbonyl (C=O) groups is 2. The number of piperidine rings is 1. The van der Waals surface area contributed by atoms with Crippen molar-refractivity contribution < 1.29 is 9.59 Å². The Hall–Kier alpha value is -3.29. The summed E-state index contributed by atoms with van der Waals surface area (Å²) in [5.41, 5.74) is 6.37. The van der Waals surface area contributed by atoms with Crippen LogP contribution in [-0.4, -0.2) is 52.8 Å². The third kappa shape index (κ3) is 6.28. The van der Waals surface area contributed by atoms with Crippen molar-refractivity contribution in [3.63, 3.8) is 0 Å². The molecule has 4 rings (SSSR count). The van der Waals surface area contributed by atoms with Gasteiger partial charge in [0.1, 0.15) is 5.01 Å². The molecular formula is C29H34N4O2S. The van der Waals surface area contributed by atoms with Crippen LogP contribution in [-0.2, 0) is 11.3 Å². The summed E-state index contributed by atoms with van der Waals surface area (Å²) in [6, 6.07) is 16.1. The molecule has 2 amide bonds. The van der Waals surface area contributed by atoms with E-state index in [9.17, 15) is 9.59 Å². The van der Waals surface area contributed by atoms with Gasteiger partial charge in [-0.1, -0.05) is 29.8 Å². The standard InChI is InChI=1S/C29H34N4O2S/c1-4-33(5-2)29(35)25-8-6-22(7-9-25)28(23-10-12-26(13-11-23)31-21(3)34)24-14-17-32(18-15-24)20-27-30-16-19-36-27/h6-13,16,19H,4-5,14-15,17-18,20H2,1-3H3,(H,31,34). The van der Waals surface area contributed by atoms with Crippen LogP contribution in [0.3, 0.4) is 0 Å². The van der Waals surface area contributed by atoms with Gasteiger partial charge in [0.25, 0.3) is 5.91 Å². The lowest BCUT2D eigenvalue weighted by Crippen LogP contribution is -2.30. The Morgan fingerprint density at radius 1 is 0.944 bits per heavy atom. The van der Waals surface area contributed by atoms with E-state index < -0.39 is 0 Å². The van der Waals surface area contributed by atoms with Crippen molar-refractivity contribution in [3.8, 4) is 0 Å². The number of anilines is 1. The van der Waals surface area contributed by atoms with Gasteiger partial charge in [0, 0.05) is 55.9 Å². The van der Waals surface area contributed by atoms with Crippen LogP contribution in [0.2, 0.25) is 0 Å². The van der Waals surface area contributed by atoms with Gasteiger partial charge in [0.15, 0.2) is 0 Å². The monoisotopic (exact) mass is 502 g/mol. The second-order valence-electron chi connectivity index (χ2n) is 8.99. The number of thiazole rings is 1. The first-order valence-electron chi connectivity index (χ1n) is 12.6. The van der Waals surface area contributed by atoms with Crippen molar-refractivity contribution >= 4 is 34.4 Å². The van der Waals surface area contributed by atoms with Crippen molar-refractivity contribution in [1.29, 1.82) is 0 Å². The number of nitrogens with one attached hydrogen (secondary N) is 1. The molecule has 1 aliphatic rings. The summed E-state index contributed by atoms with van der Waals surface area (Å²) in [7, 11) is 0. The normalized spacial score (nSPS) is 13.9. The third-order valence-corrected chi connectivity index (χ3v) is 7.39. The quantitative estimate of drug-likeness (QED) is 0.430. The lowest BCUT2D eigenvalue weighted by Gasteiger charge is -2.29. The Morgan fingerprint density at radius 3 is 2.06 bits per heavy atom. The fourth-order valence-electron chi connectivity index (χ4n) is 4.72. The average Bonchev–Trinajstić information content (AvgIpc) is 3.40.